The molecule has 0 saturated heterocycles. The summed E-state index contributed by atoms with van der Waals surface area (Å²) in [5, 5.41) is 11.8. The van der Waals surface area contributed by atoms with Crippen molar-refractivity contribution in [1.82, 2.24) is 4.90 Å². The van der Waals surface area contributed by atoms with Crippen LogP contribution in [0.5, 0.6) is 11.5 Å². The van der Waals surface area contributed by atoms with E-state index in [4.69, 9.17) is 13.9 Å². The van der Waals surface area contributed by atoms with Crippen LogP contribution in [0, 0.1) is 6.92 Å². The van der Waals surface area contributed by atoms with Crippen molar-refractivity contribution in [3.05, 3.63) is 71.9 Å². The zero-order valence-electron chi connectivity index (χ0n) is 26.0. The van der Waals surface area contributed by atoms with E-state index in [1.165, 1.54) is 23.0 Å². The zero-order chi connectivity index (χ0) is 30.9. The topological polar surface area (TPSA) is 88.5 Å². The number of nitrogens with zero attached hydrogens (tertiary/aromatic N) is 2. The van der Waals surface area contributed by atoms with Gasteiger partial charge in [-0.25, -0.2) is 9.69 Å². The fourth-order valence-corrected chi connectivity index (χ4v) is 11.9. The maximum Gasteiger partial charge on any atom is 0.416 e. The molecule has 4 rings (SSSR count). The van der Waals surface area contributed by atoms with Gasteiger partial charge in [-0.05, 0) is 47.2 Å². The highest BCUT2D eigenvalue weighted by Crippen LogP contribution is 2.48. The summed E-state index contributed by atoms with van der Waals surface area (Å²) in [4.78, 5) is 30.4. The molecule has 226 valence electrons. The number of carbonyl (C=O) groups is 2. The molecule has 2 atom stereocenters. The van der Waals surface area contributed by atoms with Crippen LogP contribution in [-0.2, 0) is 4.74 Å². The highest BCUT2D eigenvalue weighted by atomic mass is 28.4. The van der Waals surface area contributed by atoms with Gasteiger partial charge in [-0.15, -0.1) is 0 Å². The first-order chi connectivity index (χ1) is 19.9. The fourth-order valence-electron chi connectivity index (χ4n) is 6.62. The van der Waals surface area contributed by atoms with Crippen LogP contribution in [0.3, 0.4) is 0 Å². The highest BCUT2D eigenvalue weighted by Gasteiger charge is 2.49. The molecule has 0 radical (unpaired) electrons. The maximum atomic E-state index is 14.2. The quantitative estimate of drug-likeness (QED) is 0.243. The predicted molar refractivity (Wildman–Crippen MR) is 168 cm³/mol. The van der Waals surface area contributed by atoms with Gasteiger partial charge < -0.3 is 23.9 Å². The Morgan fingerprint density at radius 2 is 1.69 bits per heavy atom. The molecule has 2 heterocycles. The summed E-state index contributed by atoms with van der Waals surface area (Å²) < 4.78 is 18.2. The number of anilines is 1. The minimum absolute atomic E-state index is 0.0455. The van der Waals surface area contributed by atoms with Crippen molar-refractivity contribution >= 4 is 31.6 Å². The Morgan fingerprint density at radius 1 is 1.07 bits per heavy atom. The third-order valence-electron chi connectivity index (χ3n) is 8.63. The number of methoxy groups -OCH3 is 1. The van der Waals surface area contributed by atoms with Crippen molar-refractivity contribution in [3.63, 3.8) is 0 Å². The van der Waals surface area contributed by atoms with Gasteiger partial charge >= 0.3 is 6.09 Å². The molecule has 0 spiro atoms. The van der Waals surface area contributed by atoms with Crippen LogP contribution < -0.4 is 14.1 Å². The standard InChI is InChI=1S/C33H44N2O6Si/c1-10-15-40-33(38)35-27-18-30(41-42(20(2)3,21(4)5)22(6)7)29(39-9)17-26(27)31(36)34-19-25(16-28(34)32(35)37)24-13-11-23(8)12-14-24/h10-14,17-22,28,32,37H,1,15-16H2,2-9H3/t28-,32?/m0/s1. The Labute approximate surface area is 250 Å². The summed E-state index contributed by atoms with van der Waals surface area (Å²) in [5.74, 6) is 0.494. The first kappa shape index (κ1) is 31.4. The summed E-state index contributed by atoms with van der Waals surface area (Å²) in [7, 11) is -0.907. The molecule has 0 fully saturated rings. The third-order valence-corrected chi connectivity index (χ3v) is 14.6. The number of aryl methyl sites for hydroxylation is 1. The largest absolute Gasteiger partial charge is 0.540 e. The van der Waals surface area contributed by atoms with E-state index in [0.717, 1.165) is 16.7 Å². The average molecular weight is 593 g/mol. The van der Waals surface area contributed by atoms with Crippen molar-refractivity contribution in [2.45, 2.75) is 83.8 Å². The summed E-state index contributed by atoms with van der Waals surface area (Å²) in [6, 6.07) is 10.6. The van der Waals surface area contributed by atoms with E-state index in [2.05, 4.69) is 48.1 Å². The number of fused-ring (bicyclic) bond motifs is 2. The van der Waals surface area contributed by atoms with Crippen LogP contribution in [0.25, 0.3) is 5.57 Å². The lowest BCUT2D eigenvalue weighted by molar-refractivity contribution is 0.0559. The number of hydrogen-bond donors (Lipinski definition) is 1. The maximum absolute atomic E-state index is 14.2. The van der Waals surface area contributed by atoms with E-state index >= 15 is 0 Å². The molecule has 2 aromatic carbocycles. The van der Waals surface area contributed by atoms with Gasteiger partial charge in [0, 0.05) is 12.3 Å². The number of carbonyl (C=O) groups excluding carboxylic acids is 2. The van der Waals surface area contributed by atoms with Crippen LogP contribution in [0.4, 0.5) is 10.5 Å². The lowest BCUT2D eigenvalue weighted by Gasteiger charge is -2.42. The van der Waals surface area contributed by atoms with Crippen molar-refractivity contribution in [2.24, 2.45) is 0 Å². The third kappa shape index (κ3) is 5.47. The summed E-state index contributed by atoms with van der Waals surface area (Å²) in [6.07, 6.45) is 1.44. The second kappa shape index (κ2) is 12.4. The van der Waals surface area contributed by atoms with E-state index < -0.39 is 26.7 Å². The molecule has 1 N–H and O–H groups in total. The number of rotatable bonds is 9. The van der Waals surface area contributed by atoms with E-state index in [1.807, 2.05) is 31.2 Å². The molecular formula is C33H44N2O6Si. The van der Waals surface area contributed by atoms with Gasteiger partial charge in [-0.1, -0.05) is 84.0 Å². The average Bonchev–Trinajstić information content (AvgIpc) is 3.37. The van der Waals surface area contributed by atoms with Crippen LogP contribution >= 0.6 is 0 Å². The summed E-state index contributed by atoms with van der Waals surface area (Å²) >= 11 is 0. The number of ether oxygens (including phenoxy) is 2. The molecule has 2 amide bonds. The number of amides is 2. The van der Waals surface area contributed by atoms with Gasteiger partial charge in [0.25, 0.3) is 14.2 Å². The highest BCUT2D eigenvalue weighted by molar-refractivity contribution is 6.78. The van der Waals surface area contributed by atoms with Crippen molar-refractivity contribution in [3.8, 4) is 11.5 Å². The van der Waals surface area contributed by atoms with Gasteiger partial charge in [0.2, 0.25) is 0 Å². The Morgan fingerprint density at radius 3 is 2.24 bits per heavy atom. The van der Waals surface area contributed by atoms with Crippen LogP contribution in [0.15, 0.2) is 55.3 Å². The molecule has 2 aliphatic rings. The fraction of sp³-hybridized carbons (Fsp3) is 0.455. The predicted octanol–water partition coefficient (Wildman–Crippen LogP) is 7.27. The summed E-state index contributed by atoms with van der Waals surface area (Å²) in [6.45, 7) is 18.7. The second-order valence-electron chi connectivity index (χ2n) is 12.1. The number of hydrogen-bond acceptors (Lipinski definition) is 6. The van der Waals surface area contributed by atoms with Gasteiger partial charge in [-0.2, -0.15) is 0 Å². The number of aliphatic hydroxyl groups is 1. The first-order valence-corrected chi connectivity index (χ1v) is 16.8. The van der Waals surface area contributed by atoms with Crippen molar-refractivity contribution < 1.29 is 28.6 Å². The normalized spacial score (nSPS) is 18.6. The molecule has 0 aliphatic carbocycles. The van der Waals surface area contributed by atoms with Crippen molar-refractivity contribution in [2.75, 3.05) is 18.6 Å². The van der Waals surface area contributed by atoms with Crippen LogP contribution in [0.2, 0.25) is 16.6 Å². The second-order valence-corrected chi connectivity index (χ2v) is 17.5. The molecular weight excluding hydrogens is 548 g/mol. The van der Waals surface area contributed by atoms with Crippen molar-refractivity contribution in [1.29, 1.82) is 0 Å². The molecule has 9 heteroatoms. The smallest absolute Gasteiger partial charge is 0.416 e. The van der Waals surface area contributed by atoms with Crippen LogP contribution in [0.1, 0.15) is 69.4 Å². The molecule has 42 heavy (non-hydrogen) atoms. The van der Waals surface area contributed by atoms with E-state index in [9.17, 15) is 14.7 Å². The lowest BCUT2D eigenvalue weighted by atomic mass is 10.0. The molecule has 2 aliphatic heterocycles. The molecule has 0 aromatic heterocycles. The lowest BCUT2D eigenvalue weighted by Crippen LogP contribution is -2.51. The van der Waals surface area contributed by atoms with Crippen LogP contribution in [-0.4, -0.2) is 56.3 Å². The SMILES string of the molecule is C=CCOC(=O)N1c2cc(O[Si](C(C)C)(C(C)C)C(C)C)c(OC)cc2C(=O)N2C=C(c3ccc(C)cc3)C[C@H]2C1O. The minimum Gasteiger partial charge on any atom is -0.540 e. The molecule has 0 bridgehead atoms. The Hall–Kier alpha value is -3.56. The van der Waals surface area contributed by atoms with Gasteiger partial charge in [0.15, 0.2) is 12.0 Å². The van der Waals surface area contributed by atoms with E-state index in [0.29, 0.717) is 17.9 Å². The van der Waals surface area contributed by atoms with Gasteiger partial charge in [-0.3, -0.25) is 4.79 Å². The van der Waals surface area contributed by atoms with E-state index in [-0.39, 0.29) is 40.4 Å². The van der Waals surface area contributed by atoms with Gasteiger partial charge in [0.05, 0.1) is 24.4 Å². The molecule has 2 aromatic rings. The Balaban J connectivity index is 1.89. The number of aliphatic hydroxyl groups excluding tert-OH is 1. The Bertz CT molecular complexity index is 1350. The Kier molecular flexibility index (Phi) is 9.23. The first-order valence-electron chi connectivity index (χ1n) is 14.6. The number of benzene rings is 2. The van der Waals surface area contributed by atoms with Gasteiger partial charge in [0.1, 0.15) is 12.4 Å². The monoisotopic (exact) mass is 592 g/mol. The minimum atomic E-state index is -2.45. The van der Waals surface area contributed by atoms with E-state index in [1.54, 1.807) is 18.3 Å². The molecule has 8 nitrogen and oxygen atoms in total. The molecule has 1 unspecified atom stereocenters. The summed E-state index contributed by atoms with van der Waals surface area (Å²) in [5.41, 5.74) is 4.22. The molecule has 0 saturated carbocycles. The zero-order valence-corrected chi connectivity index (χ0v) is 27.0.